The van der Waals surface area contributed by atoms with Gasteiger partial charge in [0.25, 0.3) is 0 Å². The largest absolute Gasteiger partial charge is 0.399 e. The molecule has 0 aliphatic carbocycles. The summed E-state index contributed by atoms with van der Waals surface area (Å²) in [5.41, 5.74) is 10.2. The van der Waals surface area contributed by atoms with Crippen molar-refractivity contribution in [3.8, 4) is 16.8 Å². The second-order valence-corrected chi connectivity index (χ2v) is 6.20. The van der Waals surface area contributed by atoms with Gasteiger partial charge in [-0.25, -0.2) is 0 Å². The molecule has 5 nitrogen and oxygen atoms in total. The minimum absolute atomic E-state index is 0.335. The summed E-state index contributed by atoms with van der Waals surface area (Å²) in [7, 11) is 1.95. The van der Waals surface area contributed by atoms with Crippen LogP contribution in [0.4, 0.5) is 5.69 Å². The Morgan fingerprint density at radius 2 is 1.88 bits per heavy atom. The van der Waals surface area contributed by atoms with Crippen molar-refractivity contribution in [3.05, 3.63) is 72.7 Å². The van der Waals surface area contributed by atoms with E-state index in [0.29, 0.717) is 23.2 Å². The summed E-state index contributed by atoms with van der Waals surface area (Å²) < 4.78 is 3.78. The van der Waals surface area contributed by atoms with Crippen LogP contribution in [0.5, 0.6) is 0 Å². The number of nitrogen functional groups attached to an aromatic ring is 1. The van der Waals surface area contributed by atoms with Gasteiger partial charge in [0.1, 0.15) is 5.69 Å². The van der Waals surface area contributed by atoms with Gasteiger partial charge in [-0.05, 0) is 29.8 Å². The Labute approximate surface area is 150 Å². The number of ketones is 1. The van der Waals surface area contributed by atoms with E-state index < -0.39 is 5.78 Å². The fourth-order valence-electron chi connectivity index (χ4n) is 3.39. The average molecular weight is 343 g/mol. The van der Waals surface area contributed by atoms with Gasteiger partial charge in [0.05, 0.1) is 5.69 Å². The molecule has 0 spiro atoms. The molecule has 2 aromatic carbocycles. The van der Waals surface area contributed by atoms with Gasteiger partial charge in [0, 0.05) is 41.6 Å². The Balaban J connectivity index is 2.00. The van der Waals surface area contributed by atoms with Crippen molar-refractivity contribution in [1.82, 2.24) is 9.13 Å². The van der Waals surface area contributed by atoms with Crippen LogP contribution in [-0.2, 0) is 11.8 Å². The van der Waals surface area contributed by atoms with Crippen LogP contribution >= 0.6 is 0 Å². The molecular formula is C21H17N3O2. The second kappa shape index (κ2) is 6.04. The summed E-state index contributed by atoms with van der Waals surface area (Å²) in [4.78, 5) is 23.8. The molecule has 2 heterocycles. The molecule has 0 atom stereocenters. The number of benzene rings is 2. The summed E-state index contributed by atoms with van der Waals surface area (Å²) >= 11 is 0. The van der Waals surface area contributed by atoms with Crippen molar-refractivity contribution in [1.29, 1.82) is 0 Å². The van der Waals surface area contributed by atoms with Crippen LogP contribution in [-0.4, -0.2) is 21.2 Å². The molecule has 2 N–H and O–H groups in total. The van der Waals surface area contributed by atoms with Crippen LogP contribution in [0.3, 0.4) is 0 Å². The number of anilines is 1. The van der Waals surface area contributed by atoms with Crippen LogP contribution in [0.1, 0.15) is 10.5 Å². The Bertz CT molecular complexity index is 1150. The molecule has 0 amide bonds. The number of nitrogens with zero attached hydrogens (tertiary/aromatic N) is 2. The number of hydrogen-bond donors (Lipinski definition) is 1. The third kappa shape index (κ3) is 2.41. The molecule has 26 heavy (non-hydrogen) atoms. The van der Waals surface area contributed by atoms with E-state index in [2.05, 4.69) is 0 Å². The van der Waals surface area contributed by atoms with E-state index in [1.807, 2.05) is 66.5 Å². The van der Waals surface area contributed by atoms with E-state index >= 15 is 0 Å². The molecule has 4 rings (SSSR count). The van der Waals surface area contributed by atoms with Crippen molar-refractivity contribution in [2.75, 3.05) is 5.73 Å². The number of aromatic nitrogens is 2. The smallest absolute Gasteiger partial charge is 0.242 e. The lowest BCUT2D eigenvalue weighted by molar-refractivity contribution is -0.104. The molecular weight excluding hydrogens is 326 g/mol. The van der Waals surface area contributed by atoms with Gasteiger partial charge >= 0.3 is 0 Å². The van der Waals surface area contributed by atoms with Gasteiger partial charge in [-0.15, -0.1) is 0 Å². The maximum Gasteiger partial charge on any atom is 0.242 e. The molecule has 0 radical (unpaired) electrons. The molecule has 4 aromatic rings. The van der Waals surface area contributed by atoms with Crippen molar-refractivity contribution >= 4 is 28.7 Å². The van der Waals surface area contributed by atoms with Crippen LogP contribution in [0.15, 0.2) is 67.0 Å². The number of aryl methyl sites for hydroxylation is 1. The number of para-hydroxylation sites is 1. The van der Waals surface area contributed by atoms with Gasteiger partial charge < -0.3 is 14.9 Å². The molecule has 0 saturated heterocycles. The summed E-state index contributed by atoms with van der Waals surface area (Å²) in [6.07, 6.45) is 4.12. The van der Waals surface area contributed by atoms with Gasteiger partial charge in [-0.3, -0.25) is 9.59 Å². The molecule has 0 fully saturated rings. The lowest BCUT2D eigenvalue weighted by atomic mass is 10.0. The Kier molecular flexibility index (Phi) is 3.69. The molecule has 0 saturated carbocycles. The SMILES string of the molecule is Cn1cc(-n2ccc(-c3cccc(N)c3)c2C(=O)C=O)c2ccccc21. The number of aldehydes is 1. The first-order chi connectivity index (χ1) is 12.6. The molecule has 0 bridgehead atoms. The highest BCUT2D eigenvalue weighted by molar-refractivity contribution is 6.34. The number of fused-ring (bicyclic) bond motifs is 1. The predicted molar refractivity (Wildman–Crippen MR) is 102 cm³/mol. The zero-order valence-corrected chi connectivity index (χ0v) is 14.2. The van der Waals surface area contributed by atoms with E-state index in [1.54, 1.807) is 16.7 Å². The van der Waals surface area contributed by atoms with E-state index in [-0.39, 0.29) is 0 Å². The lowest BCUT2D eigenvalue weighted by Crippen LogP contribution is -2.09. The number of Topliss-reactive ketones (excluding diaryl/α,β-unsaturated/α-hetero) is 1. The maximum absolute atomic E-state index is 12.5. The van der Waals surface area contributed by atoms with E-state index in [1.165, 1.54) is 0 Å². The maximum atomic E-state index is 12.5. The summed E-state index contributed by atoms with van der Waals surface area (Å²) in [5.74, 6) is -0.569. The van der Waals surface area contributed by atoms with E-state index in [0.717, 1.165) is 22.2 Å². The second-order valence-electron chi connectivity index (χ2n) is 6.20. The van der Waals surface area contributed by atoms with Crippen molar-refractivity contribution < 1.29 is 9.59 Å². The van der Waals surface area contributed by atoms with Crippen LogP contribution in [0, 0.1) is 0 Å². The highest BCUT2D eigenvalue weighted by Crippen LogP contribution is 2.32. The van der Waals surface area contributed by atoms with Gasteiger partial charge in [0.2, 0.25) is 5.78 Å². The van der Waals surface area contributed by atoms with Crippen molar-refractivity contribution in [2.24, 2.45) is 7.05 Å². The molecule has 0 aliphatic heterocycles. The van der Waals surface area contributed by atoms with Gasteiger partial charge in [-0.1, -0.05) is 30.3 Å². The normalized spacial score (nSPS) is 11.0. The third-order valence-electron chi connectivity index (χ3n) is 4.56. The fraction of sp³-hybridized carbons (Fsp3) is 0.0476. The van der Waals surface area contributed by atoms with Gasteiger partial charge in [0.15, 0.2) is 6.29 Å². The minimum atomic E-state index is -0.569. The van der Waals surface area contributed by atoms with Crippen LogP contribution in [0.2, 0.25) is 0 Å². The predicted octanol–water partition coefficient (Wildman–Crippen LogP) is 3.60. The van der Waals surface area contributed by atoms with E-state index in [4.69, 9.17) is 5.73 Å². The molecule has 0 unspecified atom stereocenters. The topological polar surface area (TPSA) is 70.0 Å². The first kappa shape index (κ1) is 15.9. The lowest BCUT2D eigenvalue weighted by Gasteiger charge is -2.08. The first-order valence-electron chi connectivity index (χ1n) is 8.21. The summed E-state index contributed by atoms with van der Waals surface area (Å²) in [5, 5.41) is 1.00. The number of nitrogens with two attached hydrogens (primary N) is 1. The monoisotopic (exact) mass is 343 g/mol. The average Bonchev–Trinajstić information content (AvgIpc) is 3.23. The highest BCUT2D eigenvalue weighted by atomic mass is 16.2. The zero-order chi connectivity index (χ0) is 18.3. The van der Waals surface area contributed by atoms with E-state index in [9.17, 15) is 9.59 Å². The fourth-order valence-corrected chi connectivity index (χ4v) is 3.39. The molecule has 5 heteroatoms. The quantitative estimate of drug-likeness (QED) is 0.266. The standard InChI is InChI=1S/C21H17N3O2/c1-23-12-19(17-7-2-3-8-18(17)23)24-10-9-16(21(24)20(26)13-25)14-5-4-6-15(22)11-14/h2-13H,22H2,1H3. The van der Waals surface area contributed by atoms with Crippen molar-refractivity contribution in [3.63, 3.8) is 0 Å². The van der Waals surface area contributed by atoms with Crippen LogP contribution < -0.4 is 5.73 Å². The van der Waals surface area contributed by atoms with Crippen molar-refractivity contribution in [2.45, 2.75) is 0 Å². The Morgan fingerprint density at radius 3 is 2.65 bits per heavy atom. The number of hydrogen-bond acceptors (Lipinski definition) is 3. The summed E-state index contributed by atoms with van der Waals surface area (Å²) in [6.45, 7) is 0. The Hall–Kier alpha value is -3.60. The molecule has 2 aromatic heterocycles. The minimum Gasteiger partial charge on any atom is -0.399 e. The molecule has 0 aliphatic rings. The highest BCUT2D eigenvalue weighted by Gasteiger charge is 2.21. The van der Waals surface area contributed by atoms with Gasteiger partial charge in [-0.2, -0.15) is 0 Å². The van der Waals surface area contributed by atoms with Crippen LogP contribution in [0.25, 0.3) is 27.7 Å². The zero-order valence-electron chi connectivity index (χ0n) is 14.2. The third-order valence-corrected chi connectivity index (χ3v) is 4.56. The number of carbonyl (C=O) groups excluding carboxylic acids is 2. The number of carbonyl (C=O) groups is 2. The number of rotatable bonds is 4. The Morgan fingerprint density at radius 1 is 1.08 bits per heavy atom. The molecule has 128 valence electrons. The first-order valence-corrected chi connectivity index (χ1v) is 8.21. The summed E-state index contributed by atoms with van der Waals surface area (Å²) in [6, 6.07) is 17.1.